The Balaban J connectivity index is 0.00000256. The topological polar surface area (TPSA) is 53.1 Å². The number of para-hydroxylation sites is 1. The van der Waals surface area contributed by atoms with E-state index in [1.807, 2.05) is 19.9 Å². The van der Waals surface area contributed by atoms with Gasteiger partial charge in [0.1, 0.15) is 0 Å². The lowest BCUT2D eigenvalue weighted by molar-refractivity contribution is -0.139. The number of carbonyl (C=O) groups is 2. The maximum atomic E-state index is 14.3. The number of amides is 2. The molecule has 1 aliphatic carbocycles. The van der Waals surface area contributed by atoms with Gasteiger partial charge < -0.3 is 9.64 Å². The second kappa shape index (κ2) is 9.10. The van der Waals surface area contributed by atoms with Crippen LogP contribution in [-0.4, -0.2) is 67.0 Å². The molecule has 0 unspecified atom stereocenters. The fourth-order valence-electron chi connectivity index (χ4n) is 4.39. The SMILES string of the molecule is CC(C)Oc1c(F)cccc1N1CCN(CCCN2C(=O)CC3(CC3)C2=O)CC1.Cl. The van der Waals surface area contributed by atoms with Crippen molar-refractivity contribution >= 4 is 29.9 Å². The van der Waals surface area contributed by atoms with Crippen LogP contribution in [0.4, 0.5) is 10.1 Å². The molecule has 2 amide bonds. The molecule has 1 saturated carbocycles. The van der Waals surface area contributed by atoms with Crippen molar-refractivity contribution in [3.63, 3.8) is 0 Å². The summed E-state index contributed by atoms with van der Waals surface area (Å²) >= 11 is 0. The molecule has 0 N–H and O–H groups in total. The molecule has 3 aliphatic rings. The summed E-state index contributed by atoms with van der Waals surface area (Å²) in [7, 11) is 0. The predicted octanol–water partition coefficient (Wildman–Crippen LogP) is 3.09. The van der Waals surface area contributed by atoms with E-state index in [-0.39, 0.29) is 41.6 Å². The summed E-state index contributed by atoms with van der Waals surface area (Å²) in [6.07, 6.45) is 2.88. The van der Waals surface area contributed by atoms with Crippen molar-refractivity contribution in [1.29, 1.82) is 0 Å². The summed E-state index contributed by atoms with van der Waals surface area (Å²) in [5.74, 6) is 0.0558. The van der Waals surface area contributed by atoms with Gasteiger partial charge in [-0.3, -0.25) is 19.4 Å². The number of hydrogen-bond acceptors (Lipinski definition) is 5. The van der Waals surface area contributed by atoms with E-state index in [1.54, 1.807) is 6.07 Å². The van der Waals surface area contributed by atoms with E-state index in [9.17, 15) is 14.0 Å². The summed E-state index contributed by atoms with van der Waals surface area (Å²) in [6, 6.07) is 5.07. The van der Waals surface area contributed by atoms with Crippen LogP contribution in [0.5, 0.6) is 5.75 Å². The van der Waals surface area contributed by atoms with Gasteiger partial charge in [0.15, 0.2) is 11.6 Å². The molecule has 3 fully saturated rings. The van der Waals surface area contributed by atoms with Crippen LogP contribution in [0.1, 0.15) is 39.5 Å². The number of carbonyl (C=O) groups excluding carboxylic acids is 2. The maximum absolute atomic E-state index is 14.3. The van der Waals surface area contributed by atoms with E-state index in [0.717, 1.165) is 57.7 Å². The quantitative estimate of drug-likeness (QED) is 0.611. The first-order chi connectivity index (χ1) is 13.9. The second-order valence-electron chi connectivity index (χ2n) is 8.74. The minimum atomic E-state index is -0.327. The number of hydrogen-bond donors (Lipinski definition) is 0. The Morgan fingerprint density at radius 2 is 1.80 bits per heavy atom. The Hall–Kier alpha value is -1.86. The van der Waals surface area contributed by atoms with Crippen molar-refractivity contribution in [1.82, 2.24) is 9.80 Å². The highest BCUT2D eigenvalue weighted by atomic mass is 35.5. The van der Waals surface area contributed by atoms with Crippen molar-refractivity contribution in [2.75, 3.05) is 44.2 Å². The molecule has 1 aromatic rings. The van der Waals surface area contributed by atoms with E-state index in [4.69, 9.17) is 4.74 Å². The number of halogens is 2. The summed E-state index contributed by atoms with van der Waals surface area (Å²) in [5.41, 5.74) is 0.491. The van der Waals surface area contributed by atoms with Gasteiger partial charge in [-0.15, -0.1) is 12.4 Å². The molecule has 0 aromatic heterocycles. The second-order valence-corrected chi connectivity index (χ2v) is 8.74. The first-order valence-electron chi connectivity index (χ1n) is 10.7. The standard InChI is InChI=1S/C22H30FN3O3.ClH/c1-16(2)29-20-17(23)5-3-6-18(20)25-13-11-24(12-14-25)9-4-10-26-19(27)15-22(7-8-22)21(26)28;/h3,5-6,16H,4,7-15H2,1-2H3;1H. The summed E-state index contributed by atoms with van der Waals surface area (Å²) in [5, 5.41) is 0. The number of imide groups is 1. The van der Waals surface area contributed by atoms with Gasteiger partial charge in [-0.1, -0.05) is 6.07 Å². The fourth-order valence-corrected chi connectivity index (χ4v) is 4.39. The highest BCUT2D eigenvalue weighted by molar-refractivity contribution is 6.07. The van der Waals surface area contributed by atoms with Crippen LogP contribution in [0.3, 0.4) is 0 Å². The van der Waals surface area contributed by atoms with Gasteiger partial charge >= 0.3 is 0 Å². The number of rotatable bonds is 7. The third kappa shape index (κ3) is 4.57. The Bertz CT molecular complexity index is 792. The smallest absolute Gasteiger partial charge is 0.235 e. The van der Waals surface area contributed by atoms with Crippen molar-refractivity contribution < 1.29 is 18.7 Å². The monoisotopic (exact) mass is 439 g/mol. The van der Waals surface area contributed by atoms with Crippen molar-refractivity contribution in [2.24, 2.45) is 5.41 Å². The first-order valence-corrected chi connectivity index (χ1v) is 10.7. The van der Waals surface area contributed by atoms with E-state index >= 15 is 0 Å². The Morgan fingerprint density at radius 1 is 1.10 bits per heavy atom. The number of likely N-dealkylation sites (tertiary alicyclic amines) is 1. The third-order valence-corrected chi connectivity index (χ3v) is 6.21. The van der Waals surface area contributed by atoms with E-state index in [0.29, 0.717) is 18.7 Å². The van der Waals surface area contributed by atoms with Gasteiger partial charge in [-0.25, -0.2) is 4.39 Å². The molecule has 2 saturated heterocycles. The van der Waals surface area contributed by atoms with E-state index in [1.165, 1.54) is 11.0 Å². The lowest BCUT2D eigenvalue weighted by Crippen LogP contribution is -2.47. The van der Waals surface area contributed by atoms with Gasteiger partial charge in [0.2, 0.25) is 11.8 Å². The molecule has 0 bridgehead atoms. The fraction of sp³-hybridized carbons (Fsp3) is 0.636. The zero-order chi connectivity index (χ0) is 20.6. The molecule has 0 radical (unpaired) electrons. The highest BCUT2D eigenvalue weighted by Gasteiger charge is 2.59. The summed E-state index contributed by atoms with van der Waals surface area (Å²) in [4.78, 5) is 30.5. The van der Waals surface area contributed by atoms with Crippen LogP contribution in [0.25, 0.3) is 0 Å². The van der Waals surface area contributed by atoms with Crippen LogP contribution in [0.15, 0.2) is 18.2 Å². The van der Waals surface area contributed by atoms with Crippen molar-refractivity contribution in [2.45, 2.75) is 45.6 Å². The van der Waals surface area contributed by atoms with Crippen LogP contribution < -0.4 is 9.64 Å². The minimum absolute atomic E-state index is 0. The van der Waals surface area contributed by atoms with Gasteiger partial charge in [-0.2, -0.15) is 0 Å². The summed E-state index contributed by atoms with van der Waals surface area (Å²) < 4.78 is 20.0. The number of anilines is 1. The minimum Gasteiger partial charge on any atom is -0.486 e. The van der Waals surface area contributed by atoms with Crippen LogP contribution in [0, 0.1) is 11.2 Å². The number of piperazine rings is 1. The normalized spacial score (nSPS) is 20.8. The molecule has 166 valence electrons. The van der Waals surface area contributed by atoms with Gasteiger partial charge in [0.25, 0.3) is 0 Å². The number of ether oxygens (including phenoxy) is 1. The van der Waals surface area contributed by atoms with Crippen LogP contribution in [-0.2, 0) is 9.59 Å². The van der Waals surface area contributed by atoms with Crippen LogP contribution in [0.2, 0.25) is 0 Å². The van der Waals surface area contributed by atoms with Gasteiger partial charge in [-0.05, 0) is 51.8 Å². The molecule has 2 aliphatic heterocycles. The average molecular weight is 440 g/mol. The Morgan fingerprint density at radius 3 is 2.40 bits per heavy atom. The molecule has 6 nitrogen and oxygen atoms in total. The highest BCUT2D eigenvalue weighted by Crippen LogP contribution is 2.54. The van der Waals surface area contributed by atoms with Crippen molar-refractivity contribution in [3.05, 3.63) is 24.0 Å². The Labute approximate surface area is 183 Å². The molecule has 8 heteroatoms. The molecule has 30 heavy (non-hydrogen) atoms. The average Bonchev–Trinajstić information content (AvgIpc) is 3.42. The Kier molecular flexibility index (Phi) is 6.92. The molecule has 0 atom stereocenters. The zero-order valence-electron chi connectivity index (χ0n) is 17.7. The summed E-state index contributed by atoms with van der Waals surface area (Å²) in [6.45, 7) is 8.49. The lowest BCUT2D eigenvalue weighted by atomic mass is 10.1. The molecular formula is C22H31ClFN3O3. The number of nitrogens with zero attached hydrogens (tertiary/aromatic N) is 3. The van der Waals surface area contributed by atoms with E-state index in [2.05, 4.69) is 9.80 Å². The predicted molar refractivity (Wildman–Crippen MR) is 116 cm³/mol. The first kappa shape index (κ1) is 22.8. The molecule has 2 heterocycles. The van der Waals surface area contributed by atoms with Gasteiger partial charge in [0.05, 0.1) is 17.2 Å². The molecule has 1 aromatic carbocycles. The molecule has 1 spiro atoms. The van der Waals surface area contributed by atoms with Gasteiger partial charge in [0, 0.05) is 39.1 Å². The van der Waals surface area contributed by atoms with Crippen LogP contribution >= 0.6 is 12.4 Å². The van der Waals surface area contributed by atoms with E-state index < -0.39 is 0 Å². The van der Waals surface area contributed by atoms with Crippen molar-refractivity contribution in [3.8, 4) is 5.75 Å². The zero-order valence-corrected chi connectivity index (χ0v) is 18.5. The largest absolute Gasteiger partial charge is 0.486 e. The lowest BCUT2D eigenvalue weighted by Gasteiger charge is -2.37. The molecular weight excluding hydrogens is 409 g/mol. The maximum Gasteiger partial charge on any atom is 0.235 e. The molecule has 4 rings (SSSR count). The number of benzene rings is 1. The third-order valence-electron chi connectivity index (χ3n) is 6.21.